The van der Waals surface area contributed by atoms with Crippen molar-refractivity contribution in [2.24, 2.45) is 9.98 Å². The van der Waals surface area contributed by atoms with Gasteiger partial charge >= 0.3 is 0 Å². The monoisotopic (exact) mass is 915 g/mol. The number of nitrogens with zero attached hydrogens (tertiary/aromatic N) is 2. The van der Waals surface area contributed by atoms with Crippen molar-refractivity contribution in [1.29, 1.82) is 0 Å². The first-order valence-corrected chi connectivity index (χ1v) is 24.2. The highest BCUT2D eigenvalue weighted by Crippen LogP contribution is 2.43. The number of phenolic OH excluding ortho intramolecular Hbond substituents is 2. The molecule has 0 atom stereocenters. The quantitative estimate of drug-likeness (QED) is 0.0832. The van der Waals surface area contributed by atoms with Gasteiger partial charge in [-0.3, -0.25) is 9.98 Å². The highest BCUT2D eigenvalue weighted by molar-refractivity contribution is 5.83. The van der Waals surface area contributed by atoms with Gasteiger partial charge < -0.3 is 29.2 Å². The fourth-order valence-electron chi connectivity index (χ4n) is 8.58. The second-order valence-electron chi connectivity index (χ2n) is 20.1. The molecule has 8 nitrogen and oxygen atoms in total. The fraction of sp³-hybridized carbons (Fsp3) is 0.367. The maximum atomic E-state index is 12.6. The summed E-state index contributed by atoms with van der Waals surface area (Å²) in [6.07, 6.45) is 8.98. The van der Waals surface area contributed by atoms with Crippen LogP contribution in [0.25, 0.3) is 0 Å². The molecule has 6 aromatic rings. The summed E-state index contributed by atoms with van der Waals surface area (Å²) < 4.78 is 24.5. The zero-order valence-electron chi connectivity index (χ0n) is 41.9. The van der Waals surface area contributed by atoms with Gasteiger partial charge in [-0.05, 0) is 141 Å². The predicted molar refractivity (Wildman–Crippen MR) is 279 cm³/mol. The molecule has 0 aliphatic heterocycles. The van der Waals surface area contributed by atoms with Gasteiger partial charge in [-0.15, -0.1) is 0 Å². The Balaban J connectivity index is 1.51. The number of fused-ring (bicyclic) bond motifs is 8. The number of aliphatic imine (C=N–C) groups is 2. The van der Waals surface area contributed by atoms with Crippen LogP contribution in [0.2, 0.25) is 0 Å². The standard InChI is InChI=1S/C60H70N2O6/c1-11-13-23-67-57-45-25-41-33-51(61-37-39-15-19-53(65-9)20-16-39)35-43(55(41)63)27-47-31-50(60(6,7)8)32-48(58(47)68-24-14-12-2)28-44-36-52(62-38-40-17-21-54(66-10)22-18-40)34-42(56(44)64)26-46(57)30-49(29-45)59(3,4)5/h15-22,29-38,63-64H,11-14,23-28H2,1-10H3. The van der Waals surface area contributed by atoms with E-state index in [0.29, 0.717) is 38.9 Å². The molecular formula is C60H70N2O6. The van der Waals surface area contributed by atoms with Crippen LogP contribution in [0.3, 0.4) is 0 Å². The van der Waals surface area contributed by atoms with Gasteiger partial charge in [0.1, 0.15) is 34.5 Å². The number of methoxy groups -OCH3 is 2. The molecule has 0 unspecified atom stereocenters. The van der Waals surface area contributed by atoms with Crippen LogP contribution in [0.1, 0.15) is 148 Å². The Morgan fingerprint density at radius 1 is 0.471 bits per heavy atom. The van der Waals surface area contributed by atoms with E-state index in [-0.39, 0.29) is 22.3 Å². The first kappa shape index (κ1) is 49.4. The van der Waals surface area contributed by atoms with E-state index in [4.69, 9.17) is 28.9 Å². The predicted octanol–water partition coefficient (Wildman–Crippen LogP) is 14.2. The lowest BCUT2D eigenvalue weighted by Crippen LogP contribution is -2.15. The molecule has 0 fully saturated rings. The molecule has 7 rings (SSSR count). The molecule has 356 valence electrons. The molecule has 0 saturated carbocycles. The van der Waals surface area contributed by atoms with Crippen molar-refractivity contribution in [2.45, 2.75) is 118 Å². The highest BCUT2D eigenvalue weighted by atomic mass is 16.5. The van der Waals surface area contributed by atoms with Gasteiger partial charge in [0.15, 0.2) is 0 Å². The van der Waals surface area contributed by atoms with Crippen LogP contribution in [0.5, 0.6) is 34.5 Å². The molecule has 6 aromatic carbocycles. The summed E-state index contributed by atoms with van der Waals surface area (Å²) in [5, 5.41) is 25.2. The van der Waals surface area contributed by atoms with Crippen molar-refractivity contribution in [1.82, 2.24) is 0 Å². The average molecular weight is 915 g/mol. The van der Waals surface area contributed by atoms with Gasteiger partial charge in [0, 0.05) is 60.4 Å². The molecular weight excluding hydrogens is 845 g/mol. The van der Waals surface area contributed by atoms with Crippen LogP contribution in [0.15, 0.2) is 107 Å². The Morgan fingerprint density at radius 2 is 0.779 bits per heavy atom. The number of rotatable bonds is 14. The molecule has 0 aromatic heterocycles. The third kappa shape index (κ3) is 12.1. The summed E-state index contributed by atoms with van der Waals surface area (Å²) in [5.41, 5.74) is 12.0. The lowest BCUT2D eigenvalue weighted by molar-refractivity contribution is 0.303. The van der Waals surface area contributed by atoms with Crippen molar-refractivity contribution < 1.29 is 29.2 Å². The van der Waals surface area contributed by atoms with Crippen LogP contribution >= 0.6 is 0 Å². The van der Waals surface area contributed by atoms with E-state index >= 15 is 0 Å². The fourth-order valence-corrected chi connectivity index (χ4v) is 8.58. The molecule has 0 radical (unpaired) electrons. The van der Waals surface area contributed by atoms with E-state index in [1.165, 1.54) is 0 Å². The first-order valence-electron chi connectivity index (χ1n) is 24.2. The Kier molecular flexibility index (Phi) is 15.7. The largest absolute Gasteiger partial charge is 0.507 e. The number of unbranched alkanes of at least 4 members (excludes halogenated alkanes) is 2. The maximum Gasteiger partial charge on any atom is 0.126 e. The molecule has 1 aliphatic rings. The van der Waals surface area contributed by atoms with Gasteiger partial charge in [-0.25, -0.2) is 0 Å². The zero-order chi connectivity index (χ0) is 48.6. The second kappa shape index (κ2) is 21.6. The summed E-state index contributed by atoms with van der Waals surface area (Å²) in [6.45, 7) is 18.7. The normalized spacial score (nSPS) is 13.0. The van der Waals surface area contributed by atoms with E-state index in [9.17, 15) is 10.2 Å². The first-order chi connectivity index (χ1) is 32.6. The average Bonchev–Trinajstić information content (AvgIpc) is 3.31. The lowest BCUT2D eigenvalue weighted by Gasteiger charge is -2.26. The summed E-state index contributed by atoms with van der Waals surface area (Å²) in [7, 11) is 3.32. The zero-order valence-corrected chi connectivity index (χ0v) is 41.9. The van der Waals surface area contributed by atoms with Crippen LogP contribution in [0.4, 0.5) is 11.4 Å². The third-order valence-electron chi connectivity index (χ3n) is 12.7. The molecule has 8 heteroatoms. The van der Waals surface area contributed by atoms with Crippen LogP contribution in [-0.2, 0) is 36.5 Å². The number of ether oxygens (including phenoxy) is 4. The van der Waals surface area contributed by atoms with Crippen molar-refractivity contribution >= 4 is 23.8 Å². The molecule has 1 aliphatic carbocycles. The smallest absolute Gasteiger partial charge is 0.126 e. The Hall–Kier alpha value is -6.54. The third-order valence-corrected chi connectivity index (χ3v) is 12.7. The summed E-state index contributed by atoms with van der Waals surface area (Å²) in [6, 6.07) is 32.6. The van der Waals surface area contributed by atoms with Gasteiger partial charge in [0.2, 0.25) is 0 Å². The van der Waals surface area contributed by atoms with Crippen molar-refractivity contribution in [3.8, 4) is 34.5 Å². The number of benzene rings is 6. The number of aromatic hydroxyl groups is 2. The van der Waals surface area contributed by atoms with Crippen LogP contribution in [0, 0.1) is 0 Å². The molecule has 0 saturated heterocycles. The van der Waals surface area contributed by atoms with Crippen LogP contribution in [-0.4, -0.2) is 50.1 Å². The van der Waals surface area contributed by atoms with Gasteiger partial charge in [-0.1, -0.05) is 92.5 Å². The SMILES string of the molecule is CCCCOc1c2cc(C(C)(C)C)cc1Cc1cc(N=Cc3ccc(OC)cc3)cc(c1O)Cc1cc(C(C)(C)C)cc(c1OCCCC)Cc1cc(N=Cc3ccc(OC)cc3)cc(c1O)C2. The highest BCUT2D eigenvalue weighted by Gasteiger charge is 2.26. The number of hydrogen-bond acceptors (Lipinski definition) is 8. The molecule has 2 N–H and O–H groups in total. The summed E-state index contributed by atoms with van der Waals surface area (Å²) in [5.74, 6) is 3.55. The minimum atomic E-state index is -0.219. The lowest BCUT2D eigenvalue weighted by atomic mass is 9.81. The van der Waals surface area contributed by atoms with Crippen molar-refractivity contribution in [2.75, 3.05) is 27.4 Å². The molecule has 0 amide bonds. The minimum absolute atomic E-state index is 0.219. The topological polar surface area (TPSA) is 102 Å². The molecule has 68 heavy (non-hydrogen) atoms. The molecule has 8 bridgehead atoms. The van der Waals surface area contributed by atoms with E-state index < -0.39 is 0 Å². The number of phenols is 2. The Bertz CT molecular complexity index is 2470. The van der Waals surface area contributed by atoms with Gasteiger partial charge in [0.05, 0.1) is 38.8 Å². The van der Waals surface area contributed by atoms with E-state index in [2.05, 4.69) is 79.7 Å². The summed E-state index contributed by atoms with van der Waals surface area (Å²) >= 11 is 0. The molecule has 0 heterocycles. The summed E-state index contributed by atoms with van der Waals surface area (Å²) in [4.78, 5) is 10.1. The van der Waals surface area contributed by atoms with Crippen molar-refractivity contribution in [3.05, 3.63) is 164 Å². The minimum Gasteiger partial charge on any atom is -0.507 e. The maximum absolute atomic E-state index is 12.6. The molecule has 0 spiro atoms. The Labute approximate surface area is 404 Å². The van der Waals surface area contributed by atoms with Crippen molar-refractivity contribution in [3.63, 3.8) is 0 Å². The second-order valence-corrected chi connectivity index (χ2v) is 20.1. The van der Waals surface area contributed by atoms with E-state index in [1.54, 1.807) is 14.2 Å². The Morgan fingerprint density at radius 3 is 1.04 bits per heavy atom. The van der Waals surface area contributed by atoms with Gasteiger partial charge in [0.25, 0.3) is 0 Å². The van der Waals surface area contributed by atoms with E-state index in [0.717, 1.165) is 127 Å². The van der Waals surface area contributed by atoms with E-state index in [1.807, 2.05) is 85.2 Å². The van der Waals surface area contributed by atoms with Gasteiger partial charge in [-0.2, -0.15) is 0 Å². The van der Waals surface area contributed by atoms with Crippen LogP contribution < -0.4 is 18.9 Å². The number of hydrogen-bond donors (Lipinski definition) is 2.